The Morgan fingerprint density at radius 2 is 1.96 bits per heavy atom. The number of carboxylic acids is 1. The van der Waals surface area contributed by atoms with Crippen LogP contribution in [0.1, 0.15) is 24.9 Å². The summed E-state index contributed by atoms with van der Waals surface area (Å²) in [6, 6.07) is 3.76. The summed E-state index contributed by atoms with van der Waals surface area (Å²) in [6.45, 7) is 1.87. The highest BCUT2D eigenvalue weighted by atomic mass is 16.4. The molecule has 2 heterocycles. The molecule has 1 aromatic carbocycles. The minimum absolute atomic E-state index is 0.00868. The monoisotopic (exact) mass is 345 g/mol. The van der Waals surface area contributed by atoms with Crippen molar-refractivity contribution in [1.82, 2.24) is 10.2 Å². The molecule has 0 bridgehead atoms. The van der Waals surface area contributed by atoms with Crippen molar-refractivity contribution in [2.24, 2.45) is 11.7 Å². The van der Waals surface area contributed by atoms with Crippen LogP contribution >= 0.6 is 0 Å². The number of carboxylic acid groups (broad SMARTS) is 1. The van der Waals surface area contributed by atoms with Gasteiger partial charge in [0.2, 0.25) is 5.91 Å². The van der Waals surface area contributed by atoms with Crippen LogP contribution in [-0.4, -0.2) is 45.0 Å². The summed E-state index contributed by atoms with van der Waals surface area (Å²) in [5, 5.41) is 21.1. The van der Waals surface area contributed by atoms with Gasteiger partial charge in [0.25, 0.3) is 5.91 Å². The van der Waals surface area contributed by atoms with E-state index in [0.29, 0.717) is 12.0 Å². The number of nitrogens with two attached hydrogens (primary N) is 1. The molecule has 8 heteroatoms. The van der Waals surface area contributed by atoms with Crippen LogP contribution in [0.2, 0.25) is 0 Å². The molecule has 0 saturated carbocycles. The van der Waals surface area contributed by atoms with E-state index >= 15 is 0 Å². The zero-order valence-corrected chi connectivity index (χ0v) is 13.5. The lowest BCUT2D eigenvalue weighted by Crippen LogP contribution is -2.72. The van der Waals surface area contributed by atoms with Crippen LogP contribution in [-0.2, 0) is 14.4 Å². The standard InChI is InChI=1S/C17H19N3O5/c1-8-6-11-14(16(23)20(11)12(7-8)17(24)25)19-15(22)13(18)9-2-4-10(21)5-3-9/h2-5,7-8,11,13-14,21H,6,18H2,1H3,(H,19,22)(H,24,25)/t8-,11+,13-,14-/m1/s1. The van der Waals surface area contributed by atoms with Crippen LogP contribution < -0.4 is 11.1 Å². The molecule has 5 N–H and O–H groups in total. The molecule has 3 rings (SSSR count). The molecular formula is C17H19N3O5. The number of amides is 2. The first kappa shape index (κ1) is 17.0. The van der Waals surface area contributed by atoms with Crippen LogP contribution in [0.5, 0.6) is 5.75 Å². The molecule has 132 valence electrons. The molecular weight excluding hydrogens is 326 g/mol. The van der Waals surface area contributed by atoms with Crippen LogP contribution in [0.15, 0.2) is 36.0 Å². The number of allylic oxidation sites excluding steroid dienone is 1. The zero-order chi connectivity index (χ0) is 18.3. The number of hydrogen-bond acceptors (Lipinski definition) is 5. The van der Waals surface area contributed by atoms with Crippen molar-refractivity contribution in [2.75, 3.05) is 0 Å². The summed E-state index contributed by atoms with van der Waals surface area (Å²) in [7, 11) is 0. The van der Waals surface area contributed by atoms with Crippen LogP contribution in [0.25, 0.3) is 0 Å². The summed E-state index contributed by atoms with van der Waals surface area (Å²) >= 11 is 0. The second-order valence-electron chi connectivity index (χ2n) is 6.40. The summed E-state index contributed by atoms with van der Waals surface area (Å²) in [5.41, 5.74) is 6.37. The fourth-order valence-corrected chi connectivity index (χ4v) is 3.29. The number of β-lactam (4-membered cyclic amide) rings is 1. The average molecular weight is 345 g/mol. The maximum atomic E-state index is 12.3. The Morgan fingerprint density at radius 1 is 1.32 bits per heavy atom. The van der Waals surface area contributed by atoms with Crippen LogP contribution in [0, 0.1) is 5.92 Å². The van der Waals surface area contributed by atoms with Gasteiger partial charge in [-0.1, -0.05) is 25.1 Å². The highest BCUT2D eigenvalue weighted by Crippen LogP contribution is 2.35. The first-order valence-corrected chi connectivity index (χ1v) is 7.92. The Morgan fingerprint density at radius 3 is 2.56 bits per heavy atom. The molecule has 0 aliphatic carbocycles. The van der Waals surface area contributed by atoms with Crippen LogP contribution in [0.3, 0.4) is 0 Å². The number of carbonyl (C=O) groups excluding carboxylic acids is 2. The number of fused-ring (bicyclic) bond motifs is 1. The maximum Gasteiger partial charge on any atom is 0.352 e. The number of hydrogen-bond donors (Lipinski definition) is 4. The second-order valence-corrected chi connectivity index (χ2v) is 6.40. The van der Waals surface area contributed by atoms with Gasteiger partial charge in [-0.2, -0.15) is 0 Å². The van der Waals surface area contributed by atoms with E-state index in [9.17, 15) is 24.6 Å². The molecule has 2 amide bonds. The number of phenolic OH excluding ortho intramolecular Hbond substituents is 1. The lowest BCUT2D eigenvalue weighted by Gasteiger charge is -2.50. The molecule has 1 fully saturated rings. The number of nitrogens with zero attached hydrogens (tertiary/aromatic N) is 1. The Balaban J connectivity index is 1.71. The lowest BCUT2D eigenvalue weighted by atomic mass is 9.82. The Bertz CT molecular complexity index is 758. The SMILES string of the molecule is C[C@H]1C=C(C(=O)O)N2C(=O)[C@H](NC(=O)[C@H](N)c3ccc(O)cc3)[C@@H]2C1. The topological polar surface area (TPSA) is 133 Å². The number of aromatic hydroxyl groups is 1. The van der Waals surface area contributed by atoms with E-state index in [-0.39, 0.29) is 23.4 Å². The summed E-state index contributed by atoms with van der Waals surface area (Å²) in [6.07, 6.45) is 2.12. The average Bonchev–Trinajstić information content (AvgIpc) is 2.58. The second kappa shape index (κ2) is 6.21. The molecule has 25 heavy (non-hydrogen) atoms. The zero-order valence-electron chi connectivity index (χ0n) is 13.5. The van der Waals surface area contributed by atoms with Gasteiger partial charge in [-0.25, -0.2) is 4.79 Å². The molecule has 2 aliphatic heterocycles. The molecule has 4 atom stereocenters. The fraction of sp³-hybridized carbons (Fsp3) is 0.353. The smallest absolute Gasteiger partial charge is 0.352 e. The van der Waals surface area contributed by atoms with Gasteiger partial charge in [0, 0.05) is 0 Å². The molecule has 0 aromatic heterocycles. The molecule has 2 aliphatic rings. The maximum absolute atomic E-state index is 12.3. The highest BCUT2D eigenvalue weighted by molar-refractivity contribution is 6.01. The fourth-order valence-electron chi connectivity index (χ4n) is 3.29. The first-order valence-electron chi connectivity index (χ1n) is 7.92. The van der Waals surface area contributed by atoms with Crippen molar-refractivity contribution in [3.05, 3.63) is 41.6 Å². The van der Waals surface area contributed by atoms with Gasteiger partial charge in [0.05, 0.1) is 6.04 Å². The quantitative estimate of drug-likeness (QED) is 0.572. The number of phenols is 1. The summed E-state index contributed by atoms with van der Waals surface area (Å²) in [4.78, 5) is 37.2. The normalized spacial score (nSPS) is 26.2. The van der Waals surface area contributed by atoms with E-state index in [1.54, 1.807) is 6.08 Å². The highest BCUT2D eigenvalue weighted by Gasteiger charge is 2.53. The molecule has 0 radical (unpaired) electrons. The van der Waals surface area contributed by atoms with E-state index in [1.807, 2.05) is 6.92 Å². The first-order chi connectivity index (χ1) is 11.8. The van der Waals surface area contributed by atoms with Gasteiger partial charge in [0.15, 0.2) is 0 Å². The minimum Gasteiger partial charge on any atom is -0.508 e. The lowest BCUT2D eigenvalue weighted by molar-refractivity contribution is -0.156. The Labute approximate surface area is 143 Å². The van der Waals surface area contributed by atoms with E-state index in [2.05, 4.69) is 5.32 Å². The number of benzene rings is 1. The Kier molecular flexibility index (Phi) is 4.22. The number of carbonyl (C=O) groups is 3. The van der Waals surface area contributed by atoms with E-state index in [1.165, 1.54) is 29.2 Å². The Hall–Kier alpha value is -2.87. The van der Waals surface area contributed by atoms with Gasteiger partial charge >= 0.3 is 5.97 Å². The van der Waals surface area contributed by atoms with Gasteiger partial charge < -0.3 is 21.3 Å². The van der Waals surface area contributed by atoms with Gasteiger partial charge in [-0.15, -0.1) is 0 Å². The predicted octanol–water partition coefficient (Wildman–Crippen LogP) is 0.0959. The minimum atomic E-state index is -1.16. The summed E-state index contributed by atoms with van der Waals surface area (Å²) < 4.78 is 0. The van der Waals surface area contributed by atoms with Crippen molar-refractivity contribution >= 4 is 17.8 Å². The van der Waals surface area contributed by atoms with Gasteiger partial charge in [0.1, 0.15) is 23.5 Å². The molecule has 0 spiro atoms. The third-order valence-electron chi connectivity index (χ3n) is 4.59. The van der Waals surface area contributed by atoms with Gasteiger partial charge in [-0.3, -0.25) is 14.5 Å². The van der Waals surface area contributed by atoms with Crippen molar-refractivity contribution in [3.8, 4) is 5.75 Å². The molecule has 1 aromatic rings. The molecule has 1 saturated heterocycles. The largest absolute Gasteiger partial charge is 0.508 e. The number of rotatable bonds is 4. The molecule has 8 nitrogen and oxygen atoms in total. The third-order valence-corrected chi connectivity index (χ3v) is 4.59. The van der Waals surface area contributed by atoms with E-state index in [4.69, 9.17) is 5.73 Å². The van der Waals surface area contributed by atoms with Crippen LogP contribution in [0.4, 0.5) is 0 Å². The van der Waals surface area contributed by atoms with Crippen molar-refractivity contribution < 1.29 is 24.6 Å². The van der Waals surface area contributed by atoms with Crippen molar-refractivity contribution in [1.29, 1.82) is 0 Å². The molecule has 0 unspecified atom stereocenters. The predicted molar refractivity (Wildman–Crippen MR) is 87.1 cm³/mol. The van der Waals surface area contributed by atoms with E-state index in [0.717, 1.165) is 0 Å². The van der Waals surface area contributed by atoms with Gasteiger partial charge in [-0.05, 0) is 30.0 Å². The van der Waals surface area contributed by atoms with Crippen molar-refractivity contribution in [2.45, 2.75) is 31.5 Å². The summed E-state index contributed by atoms with van der Waals surface area (Å²) in [5.74, 6) is -2.08. The number of aliphatic carboxylic acids is 1. The number of nitrogens with one attached hydrogen (secondary N) is 1. The third kappa shape index (κ3) is 2.96. The van der Waals surface area contributed by atoms with Crippen molar-refractivity contribution in [3.63, 3.8) is 0 Å². The van der Waals surface area contributed by atoms with E-state index < -0.39 is 29.9 Å².